The number of aliphatic hydroxyl groups is 1. The van der Waals surface area contributed by atoms with Gasteiger partial charge < -0.3 is 5.11 Å². The molecule has 1 unspecified atom stereocenters. The summed E-state index contributed by atoms with van der Waals surface area (Å²) in [6.45, 7) is 3.45. The van der Waals surface area contributed by atoms with Crippen molar-refractivity contribution < 1.29 is 9.50 Å². The van der Waals surface area contributed by atoms with Crippen LogP contribution in [0.5, 0.6) is 0 Å². The van der Waals surface area contributed by atoms with Crippen LogP contribution in [0.4, 0.5) is 4.39 Å². The molecule has 0 radical (unpaired) electrons. The topological polar surface area (TPSA) is 56.9 Å². The van der Waals surface area contributed by atoms with E-state index in [9.17, 15) is 9.50 Å². The van der Waals surface area contributed by atoms with E-state index < -0.39 is 6.10 Å². The number of nitrogens with zero attached hydrogens (tertiary/aromatic N) is 2. The molecule has 90 valence electrons. The van der Waals surface area contributed by atoms with E-state index in [1.165, 1.54) is 23.5 Å². The lowest BCUT2D eigenvalue weighted by molar-refractivity contribution is 0.217. The van der Waals surface area contributed by atoms with Crippen LogP contribution >= 0.6 is 11.3 Å². The van der Waals surface area contributed by atoms with Crippen LogP contribution in [0, 0.1) is 17.1 Å². The molecule has 0 spiro atoms. The predicted octanol–water partition coefficient (Wildman–Crippen LogP) is 3.06. The smallest absolute Gasteiger partial charge is 0.131 e. The van der Waals surface area contributed by atoms with E-state index in [1.807, 2.05) is 0 Å². The van der Waals surface area contributed by atoms with Crippen LogP contribution in [0.3, 0.4) is 0 Å². The maximum absolute atomic E-state index is 12.8. The molecule has 0 aliphatic rings. The minimum absolute atomic E-state index is 0.0472. The van der Waals surface area contributed by atoms with Crippen LogP contribution in [-0.4, -0.2) is 10.1 Å². The highest BCUT2D eigenvalue weighted by atomic mass is 32.1. The highest BCUT2D eigenvalue weighted by Gasteiger charge is 2.15. The van der Waals surface area contributed by atoms with Crippen molar-refractivity contribution in [2.24, 2.45) is 0 Å². The quantitative estimate of drug-likeness (QED) is 0.863. The molecular formula is C13H9FN2OS. The minimum Gasteiger partial charge on any atom is -0.381 e. The van der Waals surface area contributed by atoms with Crippen molar-refractivity contribution in [3.05, 3.63) is 53.3 Å². The first kappa shape index (κ1) is 12.4. The molecule has 2 rings (SSSR count). The van der Waals surface area contributed by atoms with Crippen molar-refractivity contribution in [2.45, 2.75) is 6.10 Å². The van der Waals surface area contributed by atoms with Crippen molar-refractivity contribution in [1.29, 1.82) is 5.26 Å². The minimum atomic E-state index is -1.08. The number of aliphatic hydroxyl groups excluding tert-OH is 1. The predicted molar refractivity (Wildman–Crippen MR) is 67.2 cm³/mol. The Balaban J connectivity index is 2.28. The Morgan fingerprint density at radius 1 is 1.44 bits per heavy atom. The average molecular weight is 260 g/mol. The number of benzene rings is 1. The summed E-state index contributed by atoms with van der Waals surface area (Å²) in [5.41, 5.74) is 1.19. The standard InChI is InChI=1S/C13H9FN2OS/c1-8(6-15)12(17)11-7-18-13(16-11)9-2-4-10(14)5-3-9/h2-5,7,12,17H,1H2. The summed E-state index contributed by atoms with van der Waals surface area (Å²) < 4.78 is 12.8. The molecular weight excluding hydrogens is 251 g/mol. The van der Waals surface area contributed by atoms with E-state index in [1.54, 1.807) is 23.6 Å². The number of halogens is 1. The maximum Gasteiger partial charge on any atom is 0.131 e. The summed E-state index contributed by atoms with van der Waals surface area (Å²) in [4.78, 5) is 4.21. The van der Waals surface area contributed by atoms with Gasteiger partial charge in [0, 0.05) is 10.9 Å². The Morgan fingerprint density at radius 3 is 2.72 bits per heavy atom. The van der Waals surface area contributed by atoms with Crippen molar-refractivity contribution >= 4 is 11.3 Å². The Labute approximate surface area is 107 Å². The molecule has 0 aliphatic heterocycles. The van der Waals surface area contributed by atoms with E-state index in [4.69, 9.17) is 5.26 Å². The largest absolute Gasteiger partial charge is 0.381 e. The van der Waals surface area contributed by atoms with Crippen LogP contribution < -0.4 is 0 Å². The van der Waals surface area contributed by atoms with Gasteiger partial charge in [-0.2, -0.15) is 5.26 Å². The lowest BCUT2D eigenvalue weighted by Crippen LogP contribution is -1.99. The second-order valence-corrected chi connectivity index (χ2v) is 4.48. The van der Waals surface area contributed by atoms with Gasteiger partial charge in [-0.05, 0) is 24.3 Å². The number of thiazole rings is 1. The van der Waals surface area contributed by atoms with Gasteiger partial charge in [-0.25, -0.2) is 9.37 Å². The van der Waals surface area contributed by atoms with Gasteiger partial charge in [0.2, 0.25) is 0 Å². The van der Waals surface area contributed by atoms with E-state index >= 15 is 0 Å². The van der Waals surface area contributed by atoms with Gasteiger partial charge in [0.1, 0.15) is 16.9 Å². The molecule has 0 amide bonds. The van der Waals surface area contributed by atoms with E-state index in [0.29, 0.717) is 10.7 Å². The molecule has 18 heavy (non-hydrogen) atoms. The van der Waals surface area contributed by atoms with Gasteiger partial charge in [-0.1, -0.05) is 6.58 Å². The molecule has 2 aromatic rings. The molecule has 1 aromatic heterocycles. The SMILES string of the molecule is C=C(C#N)C(O)c1csc(-c2ccc(F)cc2)n1. The number of hydrogen-bond donors (Lipinski definition) is 1. The molecule has 0 saturated heterocycles. The van der Waals surface area contributed by atoms with Gasteiger partial charge in [0.05, 0.1) is 17.3 Å². The van der Waals surface area contributed by atoms with Gasteiger partial charge in [0.25, 0.3) is 0 Å². The van der Waals surface area contributed by atoms with Crippen LogP contribution in [0.15, 0.2) is 41.8 Å². The first-order valence-corrected chi connectivity index (χ1v) is 5.98. The number of aromatic nitrogens is 1. The molecule has 5 heteroatoms. The van der Waals surface area contributed by atoms with Gasteiger partial charge in [-0.15, -0.1) is 11.3 Å². The van der Waals surface area contributed by atoms with Crippen LogP contribution in [0.25, 0.3) is 10.6 Å². The second kappa shape index (κ2) is 5.08. The highest BCUT2D eigenvalue weighted by molar-refractivity contribution is 7.13. The fourth-order valence-electron chi connectivity index (χ4n) is 1.38. The van der Waals surface area contributed by atoms with Gasteiger partial charge >= 0.3 is 0 Å². The van der Waals surface area contributed by atoms with Crippen LogP contribution in [0.1, 0.15) is 11.8 Å². The Morgan fingerprint density at radius 2 is 2.11 bits per heavy atom. The molecule has 1 atom stereocenters. The number of hydrogen-bond acceptors (Lipinski definition) is 4. The molecule has 0 bridgehead atoms. The maximum atomic E-state index is 12.8. The Kier molecular flexibility index (Phi) is 3.51. The summed E-state index contributed by atoms with van der Waals surface area (Å²) in [5.74, 6) is -0.312. The highest BCUT2D eigenvalue weighted by Crippen LogP contribution is 2.28. The molecule has 3 nitrogen and oxygen atoms in total. The van der Waals surface area contributed by atoms with Gasteiger partial charge in [0.15, 0.2) is 0 Å². The first-order valence-electron chi connectivity index (χ1n) is 5.10. The zero-order valence-corrected chi connectivity index (χ0v) is 10.1. The van der Waals surface area contributed by atoms with Crippen molar-refractivity contribution in [3.63, 3.8) is 0 Å². The number of nitriles is 1. The average Bonchev–Trinajstić information content (AvgIpc) is 2.87. The van der Waals surface area contributed by atoms with Crippen LogP contribution in [-0.2, 0) is 0 Å². The fourth-order valence-corrected chi connectivity index (χ4v) is 2.22. The monoisotopic (exact) mass is 260 g/mol. The molecule has 0 fully saturated rings. The molecule has 0 aliphatic carbocycles. The fraction of sp³-hybridized carbons (Fsp3) is 0.0769. The first-order chi connectivity index (χ1) is 8.61. The lowest BCUT2D eigenvalue weighted by Gasteiger charge is -2.03. The molecule has 0 saturated carbocycles. The summed E-state index contributed by atoms with van der Waals surface area (Å²) in [6.07, 6.45) is -1.08. The third-order valence-corrected chi connectivity index (χ3v) is 3.28. The second-order valence-electron chi connectivity index (χ2n) is 3.62. The Bertz CT molecular complexity index is 613. The van der Waals surface area contributed by atoms with Crippen molar-refractivity contribution in [3.8, 4) is 16.6 Å². The van der Waals surface area contributed by atoms with Crippen molar-refractivity contribution in [1.82, 2.24) is 4.98 Å². The normalized spacial score (nSPS) is 11.8. The Hall–Kier alpha value is -2.03. The third-order valence-electron chi connectivity index (χ3n) is 2.37. The van der Waals surface area contributed by atoms with Gasteiger partial charge in [-0.3, -0.25) is 0 Å². The summed E-state index contributed by atoms with van der Waals surface area (Å²) in [6, 6.07) is 7.72. The zero-order valence-electron chi connectivity index (χ0n) is 9.30. The summed E-state index contributed by atoms with van der Waals surface area (Å²) in [5, 5.41) is 20.7. The summed E-state index contributed by atoms with van der Waals surface area (Å²) >= 11 is 1.32. The molecule has 1 aromatic carbocycles. The molecule has 1 heterocycles. The molecule has 1 N–H and O–H groups in total. The van der Waals surface area contributed by atoms with E-state index in [0.717, 1.165) is 5.56 Å². The number of rotatable bonds is 3. The zero-order chi connectivity index (χ0) is 13.1. The summed E-state index contributed by atoms with van der Waals surface area (Å²) in [7, 11) is 0. The third kappa shape index (κ3) is 2.45. The van der Waals surface area contributed by atoms with E-state index in [-0.39, 0.29) is 11.4 Å². The van der Waals surface area contributed by atoms with Crippen molar-refractivity contribution in [2.75, 3.05) is 0 Å². The van der Waals surface area contributed by atoms with E-state index in [2.05, 4.69) is 11.6 Å². The lowest BCUT2D eigenvalue weighted by atomic mass is 10.1. The van der Waals surface area contributed by atoms with Crippen LogP contribution in [0.2, 0.25) is 0 Å².